The molecule has 2 aliphatic heterocycles. The van der Waals surface area contributed by atoms with Crippen molar-refractivity contribution in [2.45, 2.75) is 50.6 Å². The van der Waals surface area contributed by atoms with Crippen LogP contribution in [0.25, 0.3) is 0 Å². The van der Waals surface area contributed by atoms with E-state index < -0.39 is 0 Å². The van der Waals surface area contributed by atoms with Gasteiger partial charge in [-0.15, -0.1) is 0 Å². The summed E-state index contributed by atoms with van der Waals surface area (Å²) in [5, 5.41) is 9.57. The van der Waals surface area contributed by atoms with E-state index in [0.717, 1.165) is 41.8 Å². The second-order valence-corrected chi connectivity index (χ2v) is 10.7. The molecule has 2 aromatic carbocycles. The largest absolute Gasteiger partial charge is 0.465 e. The topological polar surface area (TPSA) is 56.6 Å². The molecule has 0 aromatic heterocycles. The molecule has 172 valence electrons. The molecule has 1 saturated carbocycles. The van der Waals surface area contributed by atoms with Gasteiger partial charge in [0.2, 0.25) is 0 Å². The number of benzene rings is 2. The van der Waals surface area contributed by atoms with Crippen LogP contribution in [-0.2, 0) is 4.74 Å². The van der Waals surface area contributed by atoms with Crippen molar-refractivity contribution in [1.29, 1.82) is 5.26 Å². The number of likely N-dealkylation sites (tertiary alicyclic amines) is 1. The maximum atomic E-state index is 11.9. The van der Waals surface area contributed by atoms with E-state index in [1.807, 2.05) is 30.3 Å². The smallest absolute Gasteiger partial charge is 0.339 e. The Hall–Kier alpha value is -2.36. The Labute approximate surface area is 204 Å². The lowest BCUT2D eigenvalue weighted by Crippen LogP contribution is -2.54. The van der Waals surface area contributed by atoms with Gasteiger partial charge in [0.1, 0.15) is 0 Å². The summed E-state index contributed by atoms with van der Waals surface area (Å²) >= 11 is 3.53. The third kappa shape index (κ3) is 4.18. The number of ether oxygens (including phenoxy) is 1. The summed E-state index contributed by atoms with van der Waals surface area (Å²) in [4.78, 5) is 17.0. The summed E-state index contributed by atoms with van der Waals surface area (Å²) < 4.78 is 5.64. The molecule has 5 nitrogen and oxygen atoms in total. The van der Waals surface area contributed by atoms with Crippen LogP contribution in [0.5, 0.6) is 0 Å². The molecule has 2 aromatic rings. The zero-order valence-corrected chi connectivity index (χ0v) is 20.7. The standard InChI is InChI=1S/C27H30BrN3O2/c1-33-26(32)23-9-8-20(15-24(23)28)30-13-10-27(11-14-30)16-21(17-27)31-12-4-7-25(31)22-6-3-2-5-19(22)18-29/h2-3,5-6,8-9,15,21,25H,4,7,10-14,16-17H2,1H3/t25-/m0/s1. The van der Waals surface area contributed by atoms with Gasteiger partial charge >= 0.3 is 5.97 Å². The minimum atomic E-state index is -0.316. The van der Waals surface area contributed by atoms with Crippen LogP contribution in [0, 0.1) is 16.7 Å². The molecular weight excluding hydrogens is 478 g/mol. The van der Waals surface area contributed by atoms with Gasteiger partial charge in [0.15, 0.2) is 0 Å². The average Bonchev–Trinajstić information content (AvgIpc) is 3.31. The van der Waals surface area contributed by atoms with E-state index in [1.165, 1.54) is 44.8 Å². The molecule has 0 radical (unpaired) electrons. The number of rotatable bonds is 4. The molecule has 2 heterocycles. The van der Waals surface area contributed by atoms with Crippen molar-refractivity contribution in [2.24, 2.45) is 5.41 Å². The van der Waals surface area contributed by atoms with E-state index in [2.05, 4.69) is 43.9 Å². The highest BCUT2D eigenvalue weighted by Gasteiger charge is 2.49. The average molecular weight is 508 g/mol. The molecule has 0 bridgehead atoms. The van der Waals surface area contributed by atoms with Crippen molar-refractivity contribution < 1.29 is 9.53 Å². The van der Waals surface area contributed by atoms with Crippen molar-refractivity contribution in [1.82, 2.24) is 4.90 Å². The second-order valence-electron chi connectivity index (χ2n) is 9.80. The Kier molecular flexibility index (Phi) is 6.20. The molecule has 2 saturated heterocycles. The Morgan fingerprint density at radius 1 is 1.15 bits per heavy atom. The summed E-state index contributed by atoms with van der Waals surface area (Å²) in [7, 11) is 1.41. The van der Waals surface area contributed by atoms with Gasteiger partial charge in [-0.05, 0) is 96.2 Å². The zero-order valence-electron chi connectivity index (χ0n) is 19.1. The fourth-order valence-electron chi connectivity index (χ4n) is 6.25. The number of nitrogens with zero attached hydrogens (tertiary/aromatic N) is 3. The SMILES string of the molecule is COC(=O)c1ccc(N2CCC3(CC2)CC(N2CCC[C@H]2c2ccccc2C#N)C3)cc1Br. The van der Waals surface area contributed by atoms with Gasteiger partial charge in [-0.2, -0.15) is 5.26 Å². The molecule has 0 amide bonds. The predicted octanol–water partition coefficient (Wildman–Crippen LogP) is 5.69. The molecule has 1 spiro atoms. The van der Waals surface area contributed by atoms with Crippen molar-refractivity contribution in [2.75, 3.05) is 31.6 Å². The number of methoxy groups -OCH3 is 1. The number of nitriles is 1. The number of halogens is 1. The van der Waals surface area contributed by atoms with Gasteiger partial charge in [0, 0.05) is 35.3 Å². The Bertz CT molecular complexity index is 1080. The maximum absolute atomic E-state index is 11.9. The number of anilines is 1. The number of carbonyl (C=O) groups excluding carboxylic acids is 1. The lowest BCUT2D eigenvalue weighted by molar-refractivity contribution is -0.0226. The second kappa shape index (κ2) is 9.12. The Balaban J connectivity index is 1.20. The molecule has 0 N–H and O–H groups in total. The van der Waals surface area contributed by atoms with Crippen LogP contribution in [0.2, 0.25) is 0 Å². The van der Waals surface area contributed by atoms with Gasteiger partial charge in [-0.25, -0.2) is 4.79 Å². The third-order valence-corrected chi connectivity index (χ3v) is 8.74. The monoisotopic (exact) mass is 507 g/mol. The highest BCUT2D eigenvalue weighted by molar-refractivity contribution is 9.10. The van der Waals surface area contributed by atoms with E-state index in [0.29, 0.717) is 23.1 Å². The lowest BCUT2D eigenvalue weighted by atomic mass is 9.59. The summed E-state index contributed by atoms with van der Waals surface area (Å²) in [6.45, 7) is 3.26. The van der Waals surface area contributed by atoms with Crippen LogP contribution in [0.1, 0.15) is 66.1 Å². The summed E-state index contributed by atoms with van der Waals surface area (Å²) in [5.74, 6) is -0.316. The van der Waals surface area contributed by atoms with Crippen LogP contribution in [-0.4, -0.2) is 43.7 Å². The number of hydrogen-bond acceptors (Lipinski definition) is 5. The normalized spacial score (nSPS) is 22.7. The van der Waals surface area contributed by atoms with Crippen molar-refractivity contribution in [3.8, 4) is 6.07 Å². The fourth-order valence-corrected chi connectivity index (χ4v) is 6.78. The third-order valence-electron chi connectivity index (χ3n) is 8.09. The number of esters is 1. The first-order valence-electron chi connectivity index (χ1n) is 11.9. The van der Waals surface area contributed by atoms with Crippen LogP contribution in [0.4, 0.5) is 5.69 Å². The summed E-state index contributed by atoms with van der Waals surface area (Å²) in [5.41, 5.74) is 4.24. The van der Waals surface area contributed by atoms with Crippen molar-refractivity contribution in [3.05, 3.63) is 63.6 Å². The van der Waals surface area contributed by atoms with Crippen LogP contribution in [0.15, 0.2) is 46.9 Å². The lowest BCUT2D eigenvalue weighted by Gasteiger charge is -2.56. The quantitative estimate of drug-likeness (QED) is 0.497. The van der Waals surface area contributed by atoms with Crippen molar-refractivity contribution in [3.63, 3.8) is 0 Å². The van der Waals surface area contributed by atoms with E-state index >= 15 is 0 Å². The minimum absolute atomic E-state index is 0.316. The van der Waals surface area contributed by atoms with E-state index in [4.69, 9.17) is 4.74 Å². The Morgan fingerprint density at radius 2 is 1.91 bits per heavy atom. The highest BCUT2D eigenvalue weighted by Crippen LogP contribution is 2.54. The molecule has 1 aliphatic carbocycles. The minimum Gasteiger partial charge on any atom is -0.465 e. The van der Waals surface area contributed by atoms with E-state index in [1.54, 1.807) is 0 Å². The van der Waals surface area contributed by atoms with Gasteiger partial charge in [-0.3, -0.25) is 4.90 Å². The fraction of sp³-hybridized carbons (Fsp3) is 0.481. The zero-order chi connectivity index (χ0) is 23.0. The number of piperidine rings is 1. The van der Waals surface area contributed by atoms with Gasteiger partial charge in [0.25, 0.3) is 0 Å². The van der Waals surface area contributed by atoms with Crippen molar-refractivity contribution >= 4 is 27.6 Å². The molecule has 3 fully saturated rings. The number of hydrogen-bond donors (Lipinski definition) is 0. The first-order valence-corrected chi connectivity index (χ1v) is 12.7. The van der Waals surface area contributed by atoms with Gasteiger partial charge < -0.3 is 9.64 Å². The maximum Gasteiger partial charge on any atom is 0.339 e. The van der Waals surface area contributed by atoms with Gasteiger partial charge in [-0.1, -0.05) is 18.2 Å². The van der Waals surface area contributed by atoms with Gasteiger partial charge in [0.05, 0.1) is 24.3 Å². The first-order chi connectivity index (χ1) is 16.0. The Morgan fingerprint density at radius 3 is 2.61 bits per heavy atom. The molecule has 1 atom stereocenters. The van der Waals surface area contributed by atoms with Crippen LogP contribution < -0.4 is 4.90 Å². The molecular formula is C27H30BrN3O2. The molecule has 33 heavy (non-hydrogen) atoms. The molecule has 0 unspecified atom stereocenters. The summed E-state index contributed by atoms with van der Waals surface area (Å²) in [6, 6.07) is 17.5. The molecule has 5 rings (SSSR count). The first kappa shape index (κ1) is 22.4. The number of carbonyl (C=O) groups is 1. The van der Waals surface area contributed by atoms with Crippen LogP contribution >= 0.6 is 15.9 Å². The molecule has 6 heteroatoms. The molecule has 3 aliphatic rings. The van der Waals surface area contributed by atoms with E-state index in [-0.39, 0.29) is 5.97 Å². The van der Waals surface area contributed by atoms with Crippen LogP contribution in [0.3, 0.4) is 0 Å². The van der Waals surface area contributed by atoms with E-state index in [9.17, 15) is 10.1 Å². The summed E-state index contributed by atoms with van der Waals surface area (Å²) in [6.07, 6.45) is 7.36. The predicted molar refractivity (Wildman–Crippen MR) is 132 cm³/mol. The highest BCUT2D eigenvalue weighted by atomic mass is 79.9.